The van der Waals surface area contributed by atoms with Gasteiger partial charge in [0.2, 0.25) is 5.91 Å². The molecule has 0 heterocycles. The van der Waals surface area contributed by atoms with Crippen molar-refractivity contribution in [1.82, 2.24) is 5.43 Å². The van der Waals surface area contributed by atoms with Crippen LogP contribution in [0, 0.1) is 5.92 Å². The molecule has 1 amide bonds. The second-order valence-corrected chi connectivity index (χ2v) is 7.21. The summed E-state index contributed by atoms with van der Waals surface area (Å²) in [5.41, 5.74) is 6.87. The van der Waals surface area contributed by atoms with Gasteiger partial charge in [-0.2, -0.15) is 5.10 Å². The Hall–Kier alpha value is -3.20. The average Bonchev–Trinajstić information content (AvgIpc) is 3.53. The Morgan fingerprint density at radius 1 is 0.893 bits per heavy atom. The molecular formula is C25H24N2O. The van der Waals surface area contributed by atoms with Crippen molar-refractivity contribution in [2.24, 2.45) is 11.0 Å². The Kier molecular flexibility index (Phi) is 5.07. The monoisotopic (exact) mass is 368 g/mol. The molecular weight excluding hydrogens is 344 g/mol. The average molecular weight is 368 g/mol. The summed E-state index contributed by atoms with van der Waals surface area (Å²) >= 11 is 0. The van der Waals surface area contributed by atoms with Gasteiger partial charge in [0, 0.05) is 5.41 Å². The molecule has 0 aromatic heterocycles. The van der Waals surface area contributed by atoms with Crippen molar-refractivity contribution >= 4 is 11.6 Å². The van der Waals surface area contributed by atoms with Crippen molar-refractivity contribution in [2.45, 2.75) is 25.2 Å². The zero-order valence-corrected chi connectivity index (χ0v) is 16.0. The molecule has 1 saturated carbocycles. The van der Waals surface area contributed by atoms with Crippen molar-refractivity contribution in [3.63, 3.8) is 0 Å². The summed E-state index contributed by atoms with van der Waals surface area (Å²) < 4.78 is 0. The normalized spacial score (nSPS) is 17.8. The van der Waals surface area contributed by atoms with Crippen LogP contribution >= 0.6 is 0 Å². The first-order chi connectivity index (χ1) is 13.8. The van der Waals surface area contributed by atoms with Gasteiger partial charge in [0.1, 0.15) is 0 Å². The number of amides is 1. The van der Waals surface area contributed by atoms with E-state index in [1.54, 1.807) is 0 Å². The number of rotatable bonds is 6. The zero-order chi connectivity index (χ0) is 19.4. The van der Waals surface area contributed by atoms with E-state index >= 15 is 0 Å². The first-order valence-electron chi connectivity index (χ1n) is 9.78. The molecule has 3 heteroatoms. The molecule has 28 heavy (non-hydrogen) atoms. The number of nitrogens with one attached hydrogen (secondary N) is 1. The fraction of sp³-hybridized carbons (Fsp3) is 0.200. The fourth-order valence-electron chi connectivity index (χ4n) is 4.03. The summed E-state index contributed by atoms with van der Waals surface area (Å²) in [5, 5.41) is 4.44. The van der Waals surface area contributed by atoms with Crippen LogP contribution in [0.2, 0.25) is 0 Å². The van der Waals surface area contributed by atoms with Crippen LogP contribution in [0.15, 0.2) is 96.1 Å². The molecule has 3 nitrogen and oxygen atoms in total. The Labute approximate surface area is 166 Å². The van der Waals surface area contributed by atoms with Crippen molar-refractivity contribution in [1.29, 1.82) is 0 Å². The van der Waals surface area contributed by atoms with Gasteiger partial charge in [0.25, 0.3) is 0 Å². The quantitative estimate of drug-likeness (QED) is 0.487. The van der Waals surface area contributed by atoms with Gasteiger partial charge in [-0.3, -0.25) is 4.79 Å². The van der Waals surface area contributed by atoms with Crippen molar-refractivity contribution in [2.75, 3.05) is 0 Å². The molecule has 0 saturated heterocycles. The summed E-state index contributed by atoms with van der Waals surface area (Å²) in [7, 11) is 0. The van der Waals surface area contributed by atoms with Crippen LogP contribution < -0.4 is 5.43 Å². The molecule has 0 spiro atoms. The van der Waals surface area contributed by atoms with Gasteiger partial charge in [-0.25, -0.2) is 5.43 Å². The van der Waals surface area contributed by atoms with Crippen LogP contribution in [-0.4, -0.2) is 11.6 Å². The highest BCUT2D eigenvalue weighted by Crippen LogP contribution is 2.58. The predicted octanol–water partition coefficient (Wildman–Crippen LogP) is 4.92. The number of benzene rings is 3. The van der Waals surface area contributed by atoms with Crippen LogP contribution in [0.5, 0.6) is 0 Å². The minimum atomic E-state index is -0.263. The summed E-state index contributed by atoms with van der Waals surface area (Å²) in [6.07, 6.45) is 1.56. The topological polar surface area (TPSA) is 41.5 Å². The van der Waals surface area contributed by atoms with E-state index < -0.39 is 0 Å². The second kappa shape index (κ2) is 7.81. The molecule has 1 N–H and O–H groups in total. The van der Waals surface area contributed by atoms with Gasteiger partial charge in [0.15, 0.2) is 0 Å². The van der Waals surface area contributed by atoms with E-state index in [1.807, 2.05) is 73.7 Å². The van der Waals surface area contributed by atoms with Crippen LogP contribution in [0.4, 0.5) is 0 Å². The molecule has 1 atom stereocenters. The largest absolute Gasteiger partial charge is 0.273 e. The first kappa shape index (κ1) is 18.2. The van der Waals surface area contributed by atoms with Crippen LogP contribution in [-0.2, 0) is 10.2 Å². The highest BCUT2D eigenvalue weighted by Gasteiger charge is 2.60. The second-order valence-electron chi connectivity index (χ2n) is 7.21. The molecule has 1 aliphatic rings. The summed E-state index contributed by atoms with van der Waals surface area (Å²) in [4.78, 5) is 13.0. The third kappa shape index (κ3) is 3.36. The molecule has 0 aliphatic heterocycles. The van der Waals surface area contributed by atoms with Gasteiger partial charge in [-0.05, 0) is 29.5 Å². The van der Waals surface area contributed by atoms with Crippen molar-refractivity contribution in [3.8, 4) is 0 Å². The zero-order valence-electron chi connectivity index (χ0n) is 16.0. The molecule has 1 aliphatic carbocycles. The molecule has 4 rings (SSSR count). The molecule has 1 fully saturated rings. The molecule has 1 unspecified atom stereocenters. The number of nitrogens with zero attached hydrogens (tertiary/aromatic N) is 1. The Morgan fingerprint density at radius 2 is 1.39 bits per heavy atom. The first-order valence-corrected chi connectivity index (χ1v) is 9.78. The standard InChI is InChI=1S/C25H24N2O/c1-2-23(19-12-6-3-7-13-19)26-27-24(28)22-18-25(22,20-14-8-4-9-15-20)21-16-10-5-11-17-21/h3-17,22H,2,18H2,1H3,(H,27,28)/b26-23-. The fourth-order valence-corrected chi connectivity index (χ4v) is 4.03. The lowest BCUT2D eigenvalue weighted by molar-refractivity contribution is -0.122. The highest BCUT2D eigenvalue weighted by molar-refractivity contribution is 6.01. The Bertz CT molecular complexity index is 926. The number of hydrazone groups is 1. The van der Waals surface area contributed by atoms with Crippen molar-refractivity contribution in [3.05, 3.63) is 108 Å². The lowest BCUT2D eigenvalue weighted by Gasteiger charge is -2.18. The number of carbonyl (C=O) groups is 1. The van der Waals surface area contributed by atoms with Crippen LogP contribution in [0.1, 0.15) is 36.5 Å². The Balaban J connectivity index is 1.59. The van der Waals surface area contributed by atoms with E-state index in [2.05, 4.69) is 34.8 Å². The molecule has 3 aromatic carbocycles. The van der Waals surface area contributed by atoms with Gasteiger partial charge in [-0.15, -0.1) is 0 Å². The maximum atomic E-state index is 13.0. The number of hydrogen-bond donors (Lipinski definition) is 1. The van der Waals surface area contributed by atoms with Crippen LogP contribution in [0.3, 0.4) is 0 Å². The Morgan fingerprint density at radius 3 is 1.89 bits per heavy atom. The minimum absolute atomic E-state index is 0.0189. The SMILES string of the molecule is CC/C(=N/NC(=O)C1CC1(c1ccccc1)c1ccccc1)c1ccccc1. The predicted molar refractivity (Wildman–Crippen MR) is 113 cm³/mol. The van der Waals surface area contributed by atoms with Gasteiger partial charge >= 0.3 is 0 Å². The lowest BCUT2D eigenvalue weighted by atomic mass is 9.85. The van der Waals surface area contributed by atoms with Crippen molar-refractivity contribution < 1.29 is 4.79 Å². The van der Waals surface area contributed by atoms with E-state index in [0.717, 1.165) is 24.1 Å². The lowest BCUT2D eigenvalue weighted by Crippen LogP contribution is -2.26. The third-order valence-electron chi connectivity index (χ3n) is 5.60. The smallest absolute Gasteiger partial charge is 0.244 e. The van der Waals surface area contributed by atoms with Gasteiger partial charge in [0.05, 0.1) is 11.6 Å². The van der Waals surface area contributed by atoms with Gasteiger partial charge in [-0.1, -0.05) is 97.9 Å². The number of carbonyl (C=O) groups excluding carboxylic acids is 1. The third-order valence-corrected chi connectivity index (χ3v) is 5.60. The summed E-state index contributed by atoms with van der Waals surface area (Å²) in [5.74, 6) is -0.135. The molecule has 140 valence electrons. The highest BCUT2D eigenvalue weighted by atomic mass is 16.2. The minimum Gasteiger partial charge on any atom is -0.273 e. The summed E-state index contributed by atoms with van der Waals surface area (Å²) in [6, 6.07) is 30.6. The molecule has 0 bridgehead atoms. The van der Waals surface area contributed by atoms with E-state index in [-0.39, 0.29) is 17.2 Å². The van der Waals surface area contributed by atoms with Crippen LogP contribution in [0.25, 0.3) is 0 Å². The number of hydrogen-bond acceptors (Lipinski definition) is 2. The molecule has 3 aromatic rings. The van der Waals surface area contributed by atoms with E-state index in [1.165, 1.54) is 11.1 Å². The van der Waals surface area contributed by atoms with E-state index in [9.17, 15) is 4.79 Å². The van der Waals surface area contributed by atoms with E-state index in [0.29, 0.717) is 0 Å². The maximum Gasteiger partial charge on any atom is 0.244 e. The molecule has 0 radical (unpaired) electrons. The summed E-state index contributed by atoms with van der Waals surface area (Å²) in [6.45, 7) is 2.05. The van der Waals surface area contributed by atoms with Gasteiger partial charge < -0.3 is 0 Å². The maximum absolute atomic E-state index is 13.0. The van der Waals surface area contributed by atoms with E-state index in [4.69, 9.17) is 0 Å².